The molecule has 10 nitrogen and oxygen atoms in total. The summed E-state index contributed by atoms with van der Waals surface area (Å²) in [5, 5.41) is 3.43. The van der Waals surface area contributed by atoms with Crippen LogP contribution in [0.4, 0.5) is 22.1 Å². The van der Waals surface area contributed by atoms with Crippen LogP contribution >= 0.6 is 0 Å². The fourth-order valence-corrected chi connectivity index (χ4v) is 6.48. The molecule has 1 saturated carbocycles. The number of nitrogens with zero attached hydrogens (tertiary/aromatic N) is 5. The van der Waals surface area contributed by atoms with Crippen LogP contribution in [0.15, 0.2) is 47.6 Å². The minimum Gasteiger partial charge on any atom is -0.443 e. The number of carbonyl (C=O) groups excluding carboxylic acids is 2. The van der Waals surface area contributed by atoms with Crippen molar-refractivity contribution in [3.8, 4) is 0 Å². The maximum atomic E-state index is 14.0. The van der Waals surface area contributed by atoms with Crippen LogP contribution in [0, 0.1) is 13.8 Å². The van der Waals surface area contributed by atoms with E-state index < -0.39 is 17.1 Å². The second-order valence-electron chi connectivity index (χ2n) is 12.8. The van der Waals surface area contributed by atoms with E-state index in [-0.39, 0.29) is 11.8 Å². The number of morpholine rings is 1. The van der Waals surface area contributed by atoms with E-state index in [9.17, 15) is 9.59 Å². The number of amides is 2. The van der Waals surface area contributed by atoms with Crippen molar-refractivity contribution in [3.63, 3.8) is 0 Å². The summed E-state index contributed by atoms with van der Waals surface area (Å²) in [7, 11) is 0. The average molecular weight is 581 g/mol. The Labute approximate surface area is 251 Å². The first kappa shape index (κ1) is 27.5. The van der Waals surface area contributed by atoms with Gasteiger partial charge in [-0.05, 0) is 63.8 Å². The van der Waals surface area contributed by atoms with Crippen LogP contribution < -0.4 is 15.1 Å². The van der Waals surface area contributed by atoms with Crippen LogP contribution in [0.3, 0.4) is 0 Å². The van der Waals surface area contributed by atoms with E-state index in [0.29, 0.717) is 37.7 Å². The third-order valence-electron chi connectivity index (χ3n) is 8.70. The average Bonchev–Trinajstić information content (AvgIpc) is 3.54. The first-order valence-electron chi connectivity index (χ1n) is 14.8. The number of hydrogen-bond donors (Lipinski definition) is 1. The predicted molar refractivity (Wildman–Crippen MR) is 164 cm³/mol. The van der Waals surface area contributed by atoms with E-state index in [1.165, 1.54) is 4.90 Å². The molecular formula is C33H36N6O4. The topological polar surface area (TPSA) is 109 Å². The van der Waals surface area contributed by atoms with Crippen LogP contribution in [0.2, 0.25) is 0 Å². The lowest BCUT2D eigenvalue weighted by Gasteiger charge is -2.28. The molecule has 2 atom stereocenters. The van der Waals surface area contributed by atoms with Crippen molar-refractivity contribution in [2.24, 2.45) is 4.99 Å². The van der Waals surface area contributed by atoms with Gasteiger partial charge in [0.15, 0.2) is 5.82 Å². The Morgan fingerprint density at radius 3 is 2.67 bits per heavy atom. The molecule has 0 unspecified atom stereocenters. The van der Waals surface area contributed by atoms with Crippen molar-refractivity contribution in [1.82, 2.24) is 9.97 Å². The first-order valence-corrected chi connectivity index (χ1v) is 14.8. The van der Waals surface area contributed by atoms with Gasteiger partial charge in [-0.15, -0.1) is 0 Å². The van der Waals surface area contributed by atoms with Crippen LogP contribution in [-0.4, -0.2) is 59.7 Å². The lowest BCUT2D eigenvalue weighted by molar-refractivity contribution is -0.120. The van der Waals surface area contributed by atoms with E-state index >= 15 is 0 Å². The smallest absolute Gasteiger partial charge is 0.421 e. The second kappa shape index (κ2) is 9.87. The minimum absolute atomic E-state index is 0.0337. The van der Waals surface area contributed by atoms with Gasteiger partial charge in [-0.1, -0.05) is 35.9 Å². The van der Waals surface area contributed by atoms with Gasteiger partial charge in [0.05, 0.1) is 42.8 Å². The third kappa shape index (κ3) is 4.64. The van der Waals surface area contributed by atoms with Gasteiger partial charge in [-0.25, -0.2) is 14.7 Å². The van der Waals surface area contributed by atoms with Crippen LogP contribution in [0.25, 0.3) is 0 Å². The van der Waals surface area contributed by atoms with Crippen LogP contribution in [-0.2, 0) is 26.2 Å². The molecule has 7 rings (SSSR count). The van der Waals surface area contributed by atoms with E-state index in [1.54, 1.807) is 0 Å². The number of benzene rings is 2. The van der Waals surface area contributed by atoms with Crippen molar-refractivity contribution in [2.45, 2.75) is 64.5 Å². The number of aryl methyl sites for hydroxylation is 2. The Morgan fingerprint density at radius 2 is 1.91 bits per heavy atom. The summed E-state index contributed by atoms with van der Waals surface area (Å²) in [5.74, 6) is 2.03. The zero-order chi connectivity index (χ0) is 30.1. The number of anilines is 3. The normalized spacial score (nSPS) is 22.4. The third-order valence-corrected chi connectivity index (χ3v) is 8.70. The Morgan fingerprint density at radius 1 is 1.12 bits per heavy atom. The molecule has 43 heavy (non-hydrogen) atoms. The maximum Gasteiger partial charge on any atom is 0.421 e. The van der Waals surface area contributed by atoms with Crippen molar-refractivity contribution in [1.29, 1.82) is 0 Å². The largest absolute Gasteiger partial charge is 0.443 e. The number of amidine groups is 1. The Kier molecular flexibility index (Phi) is 6.32. The number of rotatable bonds is 3. The van der Waals surface area contributed by atoms with E-state index in [2.05, 4.69) is 33.4 Å². The van der Waals surface area contributed by atoms with E-state index in [1.807, 2.05) is 59.0 Å². The van der Waals surface area contributed by atoms with Gasteiger partial charge in [0.25, 0.3) is 0 Å². The fourth-order valence-electron chi connectivity index (χ4n) is 6.48. The molecule has 3 aliphatic heterocycles. The molecule has 4 heterocycles. The van der Waals surface area contributed by atoms with Crippen LogP contribution in [0.1, 0.15) is 66.6 Å². The molecule has 2 fully saturated rings. The summed E-state index contributed by atoms with van der Waals surface area (Å²) >= 11 is 0. The van der Waals surface area contributed by atoms with Gasteiger partial charge in [-0.2, -0.15) is 0 Å². The Hall–Kier alpha value is -4.31. The van der Waals surface area contributed by atoms with Crippen molar-refractivity contribution in [2.75, 3.05) is 41.4 Å². The van der Waals surface area contributed by atoms with Crippen LogP contribution in [0.5, 0.6) is 0 Å². The second-order valence-corrected chi connectivity index (χ2v) is 12.8. The number of imide groups is 1. The van der Waals surface area contributed by atoms with E-state index in [0.717, 1.165) is 58.3 Å². The highest BCUT2D eigenvalue weighted by atomic mass is 16.6. The molecule has 1 saturated heterocycles. The van der Waals surface area contributed by atoms with Gasteiger partial charge in [0.1, 0.15) is 17.3 Å². The van der Waals surface area contributed by atoms with Gasteiger partial charge in [0.2, 0.25) is 5.91 Å². The summed E-state index contributed by atoms with van der Waals surface area (Å²) in [6.45, 7) is 12.8. The molecule has 0 bridgehead atoms. The Bertz CT molecular complexity index is 1690. The molecule has 1 aliphatic carbocycles. The van der Waals surface area contributed by atoms with Gasteiger partial charge >= 0.3 is 6.09 Å². The molecule has 1 spiro atoms. The van der Waals surface area contributed by atoms with Gasteiger partial charge in [-0.3, -0.25) is 14.8 Å². The first-order chi connectivity index (χ1) is 20.5. The predicted octanol–water partition coefficient (Wildman–Crippen LogP) is 5.01. The van der Waals surface area contributed by atoms with Gasteiger partial charge in [0, 0.05) is 24.6 Å². The molecule has 4 aliphatic rings. The lowest BCUT2D eigenvalue weighted by Crippen LogP contribution is -2.41. The standard InChI is InChI=1S/C33H36N6O4/c1-19-6-9-26-24(14-19)33(30(40)39(26)31(41)43-32(3,4)5)16-25(33)21-7-8-23-22(15-21)17-35-29(23)37-28-20(2)34-18-27(36-28)38-10-12-42-13-11-38/h6-9,14-15,18,25H,10-13,16-17H2,1-5H3,(H,35,36,37)/t25-,33-/m0/s1. The Balaban J connectivity index is 1.14. The number of carbonyl (C=O) groups is 2. The van der Waals surface area contributed by atoms with Crippen molar-refractivity contribution >= 4 is 35.2 Å². The molecule has 3 aromatic rings. The van der Waals surface area contributed by atoms with Crippen molar-refractivity contribution in [3.05, 3.63) is 76.1 Å². The molecule has 1 aromatic heterocycles. The fraction of sp³-hybridized carbons (Fsp3) is 0.424. The zero-order valence-electron chi connectivity index (χ0n) is 25.2. The molecule has 10 heteroatoms. The molecule has 2 amide bonds. The number of hydrogen-bond acceptors (Lipinski definition) is 9. The number of aliphatic imine (C=N–C) groups is 1. The molecular weight excluding hydrogens is 544 g/mol. The van der Waals surface area contributed by atoms with Crippen molar-refractivity contribution < 1.29 is 19.1 Å². The lowest BCUT2D eigenvalue weighted by atomic mass is 9.90. The van der Waals surface area contributed by atoms with E-state index in [4.69, 9.17) is 19.5 Å². The quantitative estimate of drug-likeness (QED) is 0.461. The maximum absolute atomic E-state index is 14.0. The summed E-state index contributed by atoms with van der Waals surface area (Å²) < 4.78 is 11.1. The summed E-state index contributed by atoms with van der Waals surface area (Å²) in [4.78, 5) is 44.8. The monoisotopic (exact) mass is 580 g/mol. The highest BCUT2D eigenvalue weighted by Gasteiger charge is 2.68. The summed E-state index contributed by atoms with van der Waals surface area (Å²) in [6, 6.07) is 12.2. The highest BCUT2D eigenvalue weighted by Crippen LogP contribution is 2.66. The number of ether oxygens (including phenoxy) is 2. The SMILES string of the molecule is Cc1ccc2c(c1)[C@]1(C[C@H]1c1ccc3c(c1)CN=C3Nc1nc(N3CCOCC3)cnc1C)C(=O)N2C(=O)OC(C)(C)C. The highest BCUT2D eigenvalue weighted by molar-refractivity contribution is 6.23. The number of fused-ring (bicyclic) bond motifs is 3. The number of nitrogens with one attached hydrogen (secondary N) is 1. The summed E-state index contributed by atoms with van der Waals surface area (Å²) in [5.41, 5.74) is 5.09. The summed E-state index contributed by atoms with van der Waals surface area (Å²) in [6.07, 6.45) is 1.83. The molecule has 1 N–H and O–H groups in total. The molecule has 2 aromatic carbocycles. The van der Waals surface area contributed by atoms with Gasteiger partial charge < -0.3 is 19.7 Å². The zero-order valence-corrected chi connectivity index (χ0v) is 25.2. The minimum atomic E-state index is -0.764. The molecule has 0 radical (unpaired) electrons. The molecule has 222 valence electrons. The number of aromatic nitrogens is 2.